The lowest BCUT2D eigenvalue weighted by Gasteiger charge is -2.33. The maximum Gasteiger partial charge on any atom is 0.236 e. The molecule has 0 spiro atoms. The molecule has 1 amide bonds. The van der Waals surface area contributed by atoms with E-state index in [0.717, 1.165) is 11.3 Å². The number of benzene rings is 1. The average Bonchev–Trinajstić information content (AvgIpc) is 3.26. The fourth-order valence-corrected chi connectivity index (χ4v) is 4.17. The van der Waals surface area contributed by atoms with Crippen LogP contribution >= 0.6 is 0 Å². The molecular weight excluding hydrogens is 378 g/mol. The van der Waals surface area contributed by atoms with Crippen molar-refractivity contribution in [2.24, 2.45) is 0 Å². The van der Waals surface area contributed by atoms with Gasteiger partial charge < -0.3 is 9.32 Å². The largest absolute Gasteiger partial charge is 0.468 e. The molecule has 0 saturated carbocycles. The van der Waals surface area contributed by atoms with Gasteiger partial charge >= 0.3 is 0 Å². The minimum absolute atomic E-state index is 0.0460. The van der Waals surface area contributed by atoms with Gasteiger partial charge in [-0.3, -0.25) is 10.1 Å². The Bertz CT molecular complexity index is 887. The third-order valence-corrected chi connectivity index (χ3v) is 6.28. The number of nitrogens with one attached hydrogen (secondary N) is 1. The molecule has 7 nitrogen and oxygen atoms in total. The maximum atomic E-state index is 12.5. The summed E-state index contributed by atoms with van der Waals surface area (Å²) in [7, 11) is -3.50. The highest BCUT2D eigenvalue weighted by molar-refractivity contribution is 7.92. The number of nitrogens with zero attached hydrogens (tertiary/aromatic N) is 2. The molecule has 3 rings (SSSR count). The van der Waals surface area contributed by atoms with Crippen molar-refractivity contribution in [3.63, 3.8) is 0 Å². The van der Waals surface area contributed by atoms with E-state index in [0.29, 0.717) is 26.2 Å². The molecule has 0 radical (unpaired) electrons. The predicted octanol–water partition coefficient (Wildman–Crippen LogP) is 2.08. The molecule has 150 valence electrons. The molecule has 28 heavy (non-hydrogen) atoms. The standard InChI is InChI=1S/C20H25N3O4S/c1-17(19-8-5-14-27-19)21-16-20(24)22-10-12-23(13-11-22)28(25,26)15-9-18-6-3-2-4-7-18/h2-9,14-15,17,21H,10-13,16H2,1H3/b15-9+/t17-/m1/s1. The van der Waals surface area contributed by atoms with Gasteiger partial charge in [0, 0.05) is 31.6 Å². The van der Waals surface area contributed by atoms with Gasteiger partial charge in [-0.05, 0) is 30.7 Å². The van der Waals surface area contributed by atoms with E-state index in [4.69, 9.17) is 4.42 Å². The van der Waals surface area contributed by atoms with Crippen LogP contribution in [-0.4, -0.2) is 56.3 Å². The van der Waals surface area contributed by atoms with Gasteiger partial charge in [0.25, 0.3) is 0 Å². The Balaban J connectivity index is 1.48. The fraction of sp³-hybridized carbons (Fsp3) is 0.350. The summed E-state index contributed by atoms with van der Waals surface area (Å²) in [6.45, 7) is 3.46. The second kappa shape index (κ2) is 9.18. The third kappa shape index (κ3) is 5.31. The molecule has 0 unspecified atom stereocenters. The number of hydrogen-bond donors (Lipinski definition) is 1. The van der Waals surface area contributed by atoms with Crippen molar-refractivity contribution in [1.29, 1.82) is 0 Å². The van der Waals surface area contributed by atoms with Crippen LogP contribution in [0.25, 0.3) is 6.08 Å². The summed E-state index contributed by atoms with van der Waals surface area (Å²) in [5, 5.41) is 4.36. The van der Waals surface area contributed by atoms with E-state index < -0.39 is 10.0 Å². The van der Waals surface area contributed by atoms with E-state index in [1.165, 1.54) is 9.71 Å². The van der Waals surface area contributed by atoms with E-state index in [1.54, 1.807) is 23.3 Å². The summed E-state index contributed by atoms with van der Waals surface area (Å²) >= 11 is 0. The first-order chi connectivity index (χ1) is 13.5. The molecule has 1 aliphatic heterocycles. The Morgan fingerprint density at radius 1 is 1.14 bits per heavy atom. The first kappa shape index (κ1) is 20.3. The zero-order valence-corrected chi connectivity index (χ0v) is 16.6. The van der Waals surface area contributed by atoms with Gasteiger partial charge in [0.2, 0.25) is 15.9 Å². The van der Waals surface area contributed by atoms with E-state index >= 15 is 0 Å². The fourth-order valence-electron chi connectivity index (χ4n) is 3.00. The van der Waals surface area contributed by atoms with Crippen LogP contribution in [0.2, 0.25) is 0 Å². The normalized spacial score (nSPS) is 17.1. The number of amides is 1. The Morgan fingerprint density at radius 3 is 2.50 bits per heavy atom. The first-order valence-electron chi connectivity index (χ1n) is 9.23. The molecule has 1 saturated heterocycles. The second-order valence-electron chi connectivity index (χ2n) is 6.66. The molecule has 0 bridgehead atoms. The van der Waals surface area contributed by atoms with Crippen molar-refractivity contribution >= 4 is 22.0 Å². The molecule has 2 aromatic rings. The lowest BCUT2D eigenvalue weighted by molar-refractivity contribution is -0.131. The topological polar surface area (TPSA) is 82.9 Å². The smallest absolute Gasteiger partial charge is 0.236 e. The minimum atomic E-state index is -3.50. The van der Waals surface area contributed by atoms with Gasteiger partial charge in [-0.2, -0.15) is 4.31 Å². The van der Waals surface area contributed by atoms with E-state index in [1.807, 2.05) is 43.3 Å². The van der Waals surface area contributed by atoms with Crippen LogP contribution in [0.15, 0.2) is 58.6 Å². The summed E-state index contributed by atoms with van der Waals surface area (Å²) in [5.41, 5.74) is 0.830. The molecule has 2 heterocycles. The van der Waals surface area contributed by atoms with Gasteiger partial charge in [0.1, 0.15) is 5.76 Å². The highest BCUT2D eigenvalue weighted by Crippen LogP contribution is 2.13. The van der Waals surface area contributed by atoms with E-state index in [2.05, 4.69) is 5.32 Å². The van der Waals surface area contributed by atoms with E-state index in [-0.39, 0.29) is 18.5 Å². The van der Waals surface area contributed by atoms with Crippen LogP contribution in [0.3, 0.4) is 0 Å². The number of piperazine rings is 1. The Morgan fingerprint density at radius 2 is 1.86 bits per heavy atom. The predicted molar refractivity (Wildman–Crippen MR) is 108 cm³/mol. The summed E-state index contributed by atoms with van der Waals surface area (Å²) < 4.78 is 31.7. The summed E-state index contributed by atoms with van der Waals surface area (Å²) in [4.78, 5) is 14.1. The van der Waals surface area contributed by atoms with Crippen LogP contribution in [0.1, 0.15) is 24.3 Å². The second-order valence-corrected chi connectivity index (χ2v) is 8.47. The third-order valence-electron chi connectivity index (χ3n) is 4.71. The summed E-state index contributed by atoms with van der Waals surface area (Å²) in [6.07, 6.45) is 3.19. The zero-order valence-electron chi connectivity index (χ0n) is 15.8. The number of carbonyl (C=O) groups is 1. The van der Waals surface area contributed by atoms with Gasteiger partial charge in [-0.25, -0.2) is 8.42 Å². The average molecular weight is 404 g/mol. The highest BCUT2D eigenvalue weighted by atomic mass is 32.2. The van der Waals surface area contributed by atoms with Gasteiger partial charge in [0.05, 0.1) is 18.8 Å². The van der Waals surface area contributed by atoms with Gasteiger partial charge in [-0.1, -0.05) is 30.3 Å². The van der Waals surface area contributed by atoms with Crippen LogP contribution in [-0.2, 0) is 14.8 Å². The minimum Gasteiger partial charge on any atom is -0.468 e. The number of sulfonamides is 1. The van der Waals surface area contributed by atoms with Crippen molar-refractivity contribution < 1.29 is 17.6 Å². The molecule has 1 aromatic heterocycles. The molecule has 1 N–H and O–H groups in total. The lowest BCUT2D eigenvalue weighted by atomic mass is 10.2. The molecule has 1 aliphatic rings. The van der Waals surface area contributed by atoms with Crippen molar-refractivity contribution in [3.8, 4) is 0 Å². The molecule has 0 aliphatic carbocycles. The lowest BCUT2D eigenvalue weighted by Crippen LogP contribution is -2.51. The number of furan rings is 1. The van der Waals surface area contributed by atoms with E-state index in [9.17, 15) is 13.2 Å². The van der Waals surface area contributed by atoms with Crippen LogP contribution in [0, 0.1) is 0 Å². The number of carbonyl (C=O) groups excluding carboxylic acids is 1. The number of hydrogen-bond acceptors (Lipinski definition) is 5. The molecule has 8 heteroatoms. The van der Waals surface area contributed by atoms with Crippen molar-refractivity contribution in [3.05, 3.63) is 65.5 Å². The molecule has 1 atom stereocenters. The van der Waals surface area contributed by atoms with Crippen molar-refractivity contribution in [2.45, 2.75) is 13.0 Å². The number of rotatable bonds is 7. The highest BCUT2D eigenvalue weighted by Gasteiger charge is 2.27. The molecular formula is C20H25N3O4S. The zero-order chi connectivity index (χ0) is 20.0. The maximum absolute atomic E-state index is 12.5. The van der Waals surface area contributed by atoms with Crippen molar-refractivity contribution in [1.82, 2.24) is 14.5 Å². The van der Waals surface area contributed by atoms with Gasteiger partial charge in [-0.15, -0.1) is 0 Å². The quantitative estimate of drug-likeness (QED) is 0.765. The van der Waals surface area contributed by atoms with Crippen LogP contribution < -0.4 is 5.32 Å². The van der Waals surface area contributed by atoms with Crippen molar-refractivity contribution in [2.75, 3.05) is 32.7 Å². The monoisotopic (exact) mass is 403 g/mol. The summed E-state index contributed by atoms with van der Waals surface area (Å²) in [5.74, 6) is 0.726. The van der Waals surface area contributed by atoms with Gasteiger partial charge in [0.15, 0.2) is 0 Å². The first-order valence-corrected chi connectivity index (χ1v) is 10.7. The molecule has 1 fully saturated rings. The Hall–Kier alpha value is -2.42. The summed E-state index contributed by atoms with van der Waals surface area (Å²) in [6, 6.07) is 12.9. The Kier molecular flexibility index (Phi) is 6.66. The van der Waals surface area contributed by atoms with Crippen LogP contribution in [0.5, 0.6) is 0 Å². The van der Waals surface area contributed by atoms with Crippen LogP contribution in [0.4, 0.5) is 0 Å². The SMILES string of the molecule is C[C@@H](NCC(=O)N1CCN(S(=O)(=O)/C=C/c2ccccc2)CC1)c1ccco1. The molecule has 1 aromatic carbocycles. The Labute approximate surface area is 165 Å².